The van der Waals surface area contributed by atoms with Gasteiger partial charge in [0.2, 0.25) is 0 Å². The molecule has 3 N–H and O–H groups in total. The van der Waals surface area contributed by atoms with Gasteiger partial charge in [0.05, 0.1) is 0 Å². The SMILES string of the molecule is C1CCCCCCCCC1.C=CC(=O)O.CO.CO. The Hall–Kier alpha value is -0.870. The molecule has 4 nitrogen and oxygen atoms in total. The summed E-state index contributed by atoms with van der Waals surface area (Å²) in [6.45, 7) is 2.96. The first-order valence-electron chi connectivity index (χ1n) is 7.02. The summed E-state index contributed by atoms with van der Waals surface area (Å²) in [5.74, 6) is -0.981. The van der Waals surface area contributed by atoms with E-state index < -0.39 is 5.97 Å². The zero-order valence-electron chi connectivity index (χ0n) is 12.6. The second kappa shape index (κ2) is 25.9. The summed E-state index contributed by atoms with van der Waals surface area (Å²) in [5, 5.41) is 21.6. The maximum Gasteiger partial charge on any atom is 0.327 e. The van der Waals surface area contributed by atoms with Crippen molar-refractivity contribution in [3.63, 3.8) is 0 Å². The van der Waals surface area contributed by atoms with Crippen molar-refractivity contribution in [3.8, 4) is 0 Å². The molecule has 0 bridgehead atoms. The molecule has 0 aromatic carbocycles. The van der Waals surface area contributed by atoms with Crippen molar-refractivity contribution in [1.29, 1.82) is 0 Å². The van der Waals surface area contributed by atoms with Crippen LogP contribution in [0.2, 0.25) is 0 Å². The van der Waals surface area contributed by atoms with E-state index in [4.69, 9.17) is 15.3 Å². The molecular weight excluding hydrogens is 244 g/mol. The van der Waals surface area contributed by atoms with Crippen LogP contribution >= 0.6 is 0 Å². The molecule has 19 heavy (non-hydrogen) atoms. The molecule has 0 spiro atoms. The van der Waals surface area contributed by atoms with Crippen LogP contribution in [-0.4, -0.2) is 35.5 Å². The second-order valence-corrected chi connectivity index (χ2v) is 4.08. The molecule has 116 valence electrons. The monoisotopic (exact) mass is 276 g/mol. The van der Waals surface area contributed by atoms with E-state index in [9.17, 15) is 4.79 Å². The van der Waals surface area contributed by atoms with Crippen molar-refractivity contribution >= 4 is 5.97 Å². The van der Waals surface area contributed by atoms with Crippen molar-refractivity contribution in [2.45, 2.75) is 64.2 Å². The highest BCUT2D eigenvalue weighted by Gasteiger charge is 1.95. The van der Waals surface area contributed by atoms with Gasteiger partial charge in [-0.15, -0.1) is 0 Å². The third kappa shape index (κ3) is 31.7. The van der Waals surface area contributed by atoms with Crippen molar-refractivity contribution in [3.05, 3.63) is 12.7 Å². The van der Waals surface area contributed by atoms with Gasteiger partial charge in [0.1, 0.15) is 0 Å². The van der Waals surface area contributed by atoms with Crippen LogP contribution in [0.1, 0.15) is 64.2 Å². The average molecular weight is 276 g/mol. The molecule has 1 fully saturated rings. The first-order valence-corrected chi connectivity index (χ1v) is 7.02. The number of rotatable bonds is 1. The number of aliphatic hydroxyl groups excluding tert-OH is 2. The van der Waals surface area contributed by atoms with Gasteiger partial charge in [-0.05, 0) is 0 Å². The highest BCUT2D eigenvalue weighted by atomic mass is 16.4. The van der Waals surface area contributed by atoms with Crippen molar-refractivity contribution in [1.82, 2.24) is 0 Å². The lowest BCUT2D eigenvalue weighted by Crippen LogP contribution is -1.85. The van der Waals surface area contributed by atoms with E-state index in [0.29, 0.717) is 0 Å². The van der Waals surface area contributed by atoms with Gasteiger partial charge in [-0.2, -0.15) is 0 Å². The molecule has 0 aliphatic heterocycles. The zero-order valence-corrected chi connectivity index (χ0v) is 12.6. The predicted molar refractivity (Wildman–Crippen MR) is 80.3 cm³/mol. The quantitative estimate of drug-likeness (QED) is 0.642. The lowest BCUT2D eigenvalue weighted by Gasteiger charge is -2.05. The highest BCUT2D eigenvalue weighted by Crippen LogP contribution is 2.15. The molecule has 4 heteroatoms. The van der Waals surface area contributed by atoms with Crippen molar-refractivity contribution in [2.75, 3.05) is 14.2 Å². The number of carbonyl (C=O) groups is 1. The summed E-state index contributed by atoms with van der Waals surface area (Å²) in [6.07, 6.45) is 15.8. The fourth-order valence-electron chi connectivity index (χ4n) is 1.77. The van der Waals surface area contributed by atoms with Crippen LogP contribution in [0.15, 0.2) is 12.7 Å². The second-order valence-electron chi connectivity index (χ2n) is 4.08. The van der Waals surface area contributed by atoms with Gasteiger partial charge >= 0.3 is 5.97 Å². The number of aliphatic carboxylic acids is 1. The standard InChI is InChI=1S/C10H20.C3H4O2.2CH4O/c1-2-4-6-8-10-9-7-5-3-1;1-2-3(4)5;2*1-2/h1-10H2;2H,1H2,(H,4,5);2*2H,1H3. The molecular formula is C15H32O4. The topological polar surface area (TPSA) is 77.8 Å². The maximum atomic E-state index is 9.25. The smallest absolute Gasteiger partial charge is 0.327 e. The molecule has 1 aliphatic carbocycles. The number of aliphatic hydroxyl groups is 2. The van der Waals surface area contributed by atoms with Crippen molar-refractivity contribution < 1.29 is 20.1 Å². The van der Waals surface area contributed by atoms with Crippen LogP contribution in [0.3, 0.4) is 0 Å². The normalized spacial score (nSPS) is 14.9. The zero-order chi connectivity index (χ0) is 15.4. The Labute approximate surface area is 118 Å². The summed E-state index contributed by atoms with van der Waals surface area (Å²) in [5.41, 5.74) is 0. The third-order valence-corrected chi connectivity index (χ3v) is 2.67. The van der Waals surface area contributed by atoms with Crippen LogP contribution in [0, 0.1) is 0 Å². The first-order chi connectivity index (χ1) is 9.27. The lowest BCUT2D eigenvalue weighted by atomic mass is 10.0. The van der Waals surface area contributed by atoms with E-state index in [0.717, 1.165) is 20.3 Å². The molecule has 1 rings (SSSR count). The summed E-state index contributed by atoms with van der Waals surface area (Å²) < 4.78 is 0. The lowest BCUT2D eigenvalue weighted by molar-refractivity contribution is -0.131. The Morgan fingerprint density at radius 3 is 0.895 bits per heavy atom. The Balaban J connectivity index is -0.000000242. The van der Waals surface area contributed by atoms with E-state index in [1.165, 1.54) is 64.2 Å². The maximum absolute atomic E-state index is 9.25. The molecule has 0 aromatic rings. The van der Waals surface area contributed by atoms with Gasteiger partial charge in [-0.25, -0.2) is 4.79 Å². The fourth-order valence-corrected chi connectivity index (χ4v) is 1.77. The van der Waals surface area contributed by atoms with Gasteiger partial charge in [0.15, 0.2) is 0 Å². The molecule has 0 radical (unpaired) electrons. The highest BCUT2D eigenvalue weighted by molar-refractivity contribution is 5.78. The van der Waals surface area contributed by atoms with E-state index in [1.54, 1.807) is 0 Å². The van der Waals surface area contributed by atoms with E-state index in [1.807, 2.05) is 0 Å². The summed E-state index contributed by atoms with van der Waals surface area (Å²) in [4.78, 5) is 9.25. The Morgan fingerprint density at radius 1 is 0.737 bits per heavy atom. The molecule has 1 saturated carbocycles. The number of carboxylic acids is 1. The summed E-state index contributed by atoms with van der Waals surface area (Å²) in [7, 11) is 2.00. The first kappa shape index (κ1) is 23.2. The van der Waals surface area contributed by atoms with Crippen LogP contribution in [0.5, 0.6) is 0 Å². The van der Waals surface area contributed by atoms with Gasteiger partial charge < -0.3 is 15.3 Å². The summed E-state index contributed by atoms with van der Waals surface area (Å²) >= 11 is 0. The van der Waals surface area contributed by atoms with Gasteiger partial charge in [0.25, 0.3) is 0 Å². The van der Waals surface area contributed by atoms with Gasteiger partial charge in [0, 0.05) is 20.3 Å². The fraction of sp³-hybridized carbons (Fsp3) is 0.800. The van der Waals surface area contributed by atoms with E-state index in [2.05, 4.69) is 6.58 Å². The Kier molecular flexibility index (Phi) is 31.6. The number of hydrogen-bond acceptors (Lipinski definition) is 3. The minimum absolute atomic E-state index is 0.833. The minimum atomic E-state index is -0.981. The molecule has 0 amide bonds. The molecule has 0 unspecified atom stereocenters. The van der Waals surface area contributed by atoms with Crippen LogP contribution < -0.4 is 0 Å². The van der Waals surface area contributed by atoms with E-state index >= 15 is 0 Å². The van der Waals surface area contributed by atoms with E-state index in [-0.39, 0.29) is 0 Å². The third-order valence-electron chi connectivity index (χ3n) is 2.67. The van der Waals surface area contributed by atoms with Gasteiger partial charge in [-0.1, -0.05) is 70.8 Å². The summed E-state index contributed by atoms with van der Waals surface area (Å²) in [6, 6.07) is 0. The largest absolute Gasteiger partial charge is 0.478 e. The Bertz CT molecular complexity index is 136. The minimum Gasteiger partial charge on any atom is -0.478 e. The number of hydrogen-bond donors (Lipinski definition) is 3. The van der Waals surface area contributed by atoms with Crippen molar-refractivity contribution in [2.24, 2.45) is 0 Å². The molecule has 0 saturated heterocycles. The predicted octanol–water partition coefficient (Wildman–Crippen LogP) is 3.38. The molecule has 0 heterocycles. The number of carboxylic acid groups (broad SMARTS) is 1. The van der Waals surface area contributed by atoms with Gasteiger partial charge in [-0.3, -0.25) is 0 Å². The Morgan fingerprint density at radius 2 is 0.842 bits per heavy atom. The molecule has 0 aromatic heterocycles. The molecule has 0 atom stereocenters. The van der Waals surface area contributed by atoms with Crippen LogP contribution in [0.25, 0.3) is 0 Å². The molecule has 1 aliphatic rings. The van der Waals surface area contributed by atoms with Crippen LogP contribution in [-0.2, 0) is 4.79 Å². The van der Waals surface area contributed by atoms with Crippen LogP contribution in [0.4, 0.5) is 0 Å². The average Bonchev–Trinajstić information content (AvgIpc) is 2.50.